The van der Waals surface area contributed by atoms with E-state index in [4.69, 9.17) is 4.74 Å². The second-order valence-electron chi connectivity index (χ2n) is 6.42. The van der Waals surface area contributed by atoms with Crippen molar-refractivity contribution in [3.8, 4) is 0 Å². The van der Waals surface area contributed by atoms with Gasteiger partial charge in [0, 0.05) is 37.5 Å². The number of hydrogen-bond acceptors (Lipinski definition) is 5. The number of likely N-dealkylation sites (N-methyl/N-ethyl adjacent to an activating group) is 1. The van der Waals surface area contributed by atoms with Crippen LogP contribution in [0.25, 0.3) is 0 Å². The van der Waals surface area contributed by atoms with Crippen LogP contribution in [0.4, 0.5) is 0 Å². The van der Waals surface area contributed by atoms with Crippen molar-refractivity contribution in [3.63, 3.8) is 0 Å². The van der Waals surface area contributed by atoms with Crippen LogP contribution >= 0.6 is 11.3 Å². The highest BCUT2D eigenvalue weighted by molar-refractivity contribution is 7.10. The maximum atomic E-state index is 12.7. The Balaban J connectivity index is 1.66. The lowest BCUT2D eigenvalue weighted by molar-refractivity contribution is -0.136. The molecule has 5 nitrogen and oxygen atoms in total. The number of piperidine rings is 1. The minimum absolute atomic E-state index is 0.190. The van der Waals surface area contributed by atoms with Gasteiger partial charge in [0.2, 0.25) is 5.91 Å². The molecule has 0 saturated carbocycles. The van der Waals surface area contributed by atoms with Crippen molar-refractivity contribution in [2.24, 2.45) is 5.92 Å². The molecule has 1 N–H and O–H groups in total. The van der Waals surface area contributed by atoms with Crippen LogP contribution < -0.4 is 5.32 Å². The summed E-state index contributed by atoms with van der Waals surface area (Å²) in [6.45, 7) is 6.14. The van der Waals surface area contributed by atoms with Crippen LogP contribution in [-0.2, 0) is 9.53 Å². The molecule has 3 rings (SSSR count). The Morgan fingerprint density at radius 3 is 2.83 bits per heavy atom. The number of carbonyl (C=O) groups is 1. The summed E-state index contributed by atoms with van der Waals surface area (Å²) in [5.74, 6) is 0.497. The van der Waals surface area contributed by atoms with Crippen LogP contribution in [0.1, 0.15) is 23.8 Å². The van der Waals surface area contributed by atoms with Gasteiger partial charge in [-0.05, 0) is 37.4 Å². The normalized spacial score (nSPS) is 22.0. The molecule has 1 aromatic heterocycles. The highest BCUT2D eigenvalue weighted by Gasteiger charge is 2.29. The highest BCUT2D eigenvalue weighted by atomic mass is 32.1. The minimum Gasteiger partial charge on any atom is -0.379 e. The Morgan fingerprint density at radius 2 is 2.17 bits per heavy atom. The molecule has 0 spiro atoms. The van der Waals surface area contributed by atoms with Gasteiger partial charge in [0.05, 0.1) is 19.3 Å². The van der Waals surface area contributed by atoms with Crippen LogP contribution in [0.15, 0.2) is 17.5 Å². The molecule has 0 radical (unpaired) electrons. The first-order valence-electron chi connectivity index (χ1n) is 8.56. The Kier molecular flexibility index (Phi) is 6.05. The van der Waals surface area contributed by atoms with E-state index in [1.807, 2.05) is 11.9 Å². The monoisotopic (exact) mass is 337 g/mol. The number of ether oxygens (including phenoxy) is 1. The highest BCUT2D eigenvalue weighted by Crippen LogP contribution is 2.27. The first kappa shape index (κ1) is 16.9. The summed E-state index contributed by atoms with van der Waals surface area (Å²) in [7, 11) is 1.96. The number of nitrogens with zero attached hydrogens (tertiary/aromatic N) is 2. The van der Waals surface area contributed by atoms with Crippen molar-refractivity contribution in [2.45, 2.75) is 18.9 Å². The zero-order valence-corrected chi connectivity index (χ0v) is 14.7. The fourth-order valence-electron chi connectivity index (χ4n) is 3.49. The maximum Gasteiger partial charge on any atom is 0.225 e. The van der Waals surface area contributed by atoms with E-state index in [9.17, 15) is 4.79 Å². The second-order valence-corrected chi connectivity index (χ2v) is 7.40. The van der Waals surface area contributed by atoms with Crippen molar-refractivity contribution < 1.29 is 9.53 Å². The Hall–Kier alpha value is -0.950. The Labute approximate surface area is 142 Å². The fourth-order valence-corrected chi connectivity index (χ4v) is 4.34. The van der Waals surface area contributed by atoms with Crippen molar-refractivity contribution in [2.75, 3.05) is 53.0 Å². The standard InChI is InChI=1S/C17H27N3O2S/c1-19(17(21)14-4-6-18-7-5-14)13-15(16-3-2-12-23-16)20-8-10-22-11-9-20/h2-3,12,14-15,18H,4-11,13H2,1H3. The molecule has 128 valence electrons. The summed E-state index contributed by atoms with van der Waals surface area (Å²) in [4.78, 5) is 18.5. The van der Waals surface area contributed by atoms with E-state index in [0.29, 0.717) is 5.91 Å². The summed E-state index contributed by atoms with van der Waals surface area (Å²) in [5.41, 5.74) is 0. The molecule has 1 amide bonds. The largest absolute Gasteiger partial charge is 0.379 e. The van der Waals surface area contributed by atoms with Gasteiger partial charge < -0.3 is 15.0 Å². The summed E-state index contributed by atoms with van der Waals surface area (Å²) in [6.07, 6.45) is 1.93. The quantitative estimate of drug-likeness (QED) is 0.886. The summed E-state index contributed by atoms with van der Waals surface area (Å²) < 4.78 is 5.49. The predicted molar refractivity (Wildman–Crippen MR) is 92.7 cm³/mol. The van der Waals surface area contributed by atoms with Crippen molar-refractivity contribution in [1.82, 2.24) is 15.1 Å². The van der Waals surface area contributed by atoms with E-state index in [-0.39, 0.29) is 12.0 Å². The number of carbonyl (C=O) groups excluding carboxylic acids is 1. The van der Waals surface area contributed by atoms with Gasteiger partial charge in [-0.15, -0.1) is 11.3 Å². The molecule has 0 aromatic carbocycles. The van der Waals surface area contributed by atoms with Gasteiger partial charge in [0.25, 0.3) is 0 Å². The molecule has 2 aliphatic rings. The van der Waals surface area contributed by atoms with Crippen molar-refractivity contribution in [1.29, 1.82) is 0 Å². The lowest BCUT2D eigenvalue weighted by Gasteiger charge is -2.37. The zero-order chi connectivity index (χ0) is 16.1. The molecule has 1 atom stereocenters. The molecule has 1 unspecified atom stereocenters. The third-order valence-corrected chi connectivity index (χ3v) is 5.84. The summed E-state index contributed by atoms with van der Waals surface area (Å²) in [5, 5.41) is 5.45. The molecule has 6 heteroatoms. The maximum absolute atomic E-state index is 12.7. The number of nitrogens with one attached hydrogen (secondary N) is 1. The molecule has 2 saturated heterocycles. The van der Waals surface area contributed by atoms with Gasteiger partial charge in [-0.3, -0.25) is 9.69 Å². The number of thiophene rings is 1. The summed E-state index contributed by atoms with van der Waals surface area (Å²) in [6, 6.07) is 4.57. The number of hydrogen-bond donors (Lipinski definition) is 1. The van der Waals surface area contributed by atoms with Gasteiger partial charge in [0.15, 0.2) is 0 Å². The molecule has 0 bridgehead atoms. The van der Waals surface area contributed by atoms with E-state index in [2.05, 4.69) is 27.7 Å². The van der Waals surface area contributed by atoms with Crippen LogP contribution in [-0.4, -0.2) is 68.7 Å². The van der Waals surface area contributed by atoms with Crippen LogP contribution in [0.5, 0.6) is 0 Å². The molecule has 2 fully saturated rings. The van der Waals surface area contributed by atoms with Gasteiger partial charge in [-0.1, -0.05) is 6.07 Å². The Morgan fingerprint density at radius 1 is 1.43 bits per heavy atom. The van der Waals surface area contributed by atoms with Crippen LogP contribution in [0.2, 0.25) is 0 Å². The van der Waals surface area contributed by atoms with E-state index < -0.39 is 0 Å². The predicted octanol–water partition coefficient (Wildman–Crippen LogP) is 1.58. The minimum atomic E-state index is 0.190. The average molecular weight is 337 g/mol. The lowest BCUT2D eigenvalue weighted by atomic mass is 9.96. The molecule has 2 aliphatic heterocycles. The zero-order valence-electron chi connectivity index (χ0n) is 13.9. The third kappa shape index (κ3) is 4.32. The van der Waals surface area contributed by atoms with Gasteiger partial charge in [0.1, 0.15) is 0 Å². The summed E-state index contributed by atoms with van der Waals surface area (Å²) >= 11 is 1.78. The molecule has 1 aromatic rings. The van der Waals surface area contributed by atoms with E-state index >= 15 is 0 Å². The van der Waals surface area contributed by atoms with E-state index in [0.717, 1.165) is 58.8 Å². The number of amides is 1. The SMILES string of the molecule is CN(CC(c1cccs1)N1CCOCC1)C(=O)C1CCNCC1. The molecule has 3 heterocycles. The van der Waals surface area contributed by atoms with Gasteiger partial charge >= 0.3 is 0 Å². The van der Waals surface area contributed by atoms with Crippen LogP contribution in [0.3, 0.4) is 0 Å². The first-order chi connectivity index (χ1) is 11.3. The first-order valence-corrected chi connectivity index (χ1v) is 9.44. The average Bonchev–Trinajstić information content (AvgIpc) is 3.14. The number of rotatable bonds is 5. The lowest BCUT2D eigenvalue weighted by Crippen LogP contribution is -2.46. The van der Waals surface area contributed by atoms with E-state index in [1.54, 1.807) is 11.3 Å². The Bertz CT molecular complexity index is 482. The third-order valence-electron chi connectivity index (χ3n) is 4.87. The molecular formula is C17H27N3O2S. The van der Waals surface area contributed by atoms with Crippen LogP contribution in [0, 0.1) is 5.92 Å². The van der Waals surface area contributed by atoms with Crippen molar-refractivity contribution >= 4 is 17.2 Å². The molecule has 23 heavy (non-hydrogen) atoms. The topological polar surface area (TPSA) is 44.8 Å². The number of morpholine rings is 1. The molecule has 0 aliphatic carbocycles. The van der Waals surface area contributed by atoms with Gasteiger partial charge in [-0.2, -0.15) is 0 Å². The smallest absolute Gasteiger partial charge is 0.225 e. The molecular weight excluding hydrogens is 310 g/mol. The van der Waals surface area contributed by atoms with Gasteiger partial charge in [-0.25, -0.2) is 0 Å². The second kappa shape index (κ2) is 8.24. The van der Waals surface area contributed by atoms with Crippen molar-refractivity contribution in [3.05, 3.63) is 22.4 Å². The fraction of sp³-hybridized carbons (Fsp3) is 0.706. The van der Waals surface area contributed by atoms with E-state index in [1.165, 1.54) is 4.88 Å².